The molecule has 1 N–H and O–H groups in total. The first-order valence-electron chi connectivity index (χ1n) is 6.50. The molecule has 1 aliphatic carbocycles. The van der Waals surface area contributed by atoms with Crippen molar-refractivity contribution in [1.82, 2.24) is 10.2 Å². The van der Waals surface area contributed by atoms with Gasteiger partial charge in [-0.2, -0.15) is 0 Å². The summed E-state index contributed by atoms with van der Waals surface area (Å²) in [5, 5.41) is 3.39. The molecule has 3 nitrogen and oxygen atoms in total. The van der Waals surface area contributed by atoms with Crippen molar-refractivity contribution in [1.29, 1.82) is 0 Å². The van der Waals surface area contributed by atoms with Crippen LogP contribution >= 0.6 is 0 Å². The normalized spacial score (nSPS) is 32.9. The van der Waals surface area contributed by atoms with Crippen molar-refractivity contribution in [2.24, 2.45) is 11.3 Å². The molecule has 2 unspecified atom stereocenters. The Morgan fingerprint density at radius 2 is 2.00 bits per heavy atom. The average molecular weight is 224 g/mol. The van der Waals surface area contributed by atoms with Crippen molar-refractivity contribution in [3.63, 3.8) is 0 Å². The first-order chi connectivity index (χ1) is 7.52. The fourth-order valence-electron chi connectivity index (χ4n) is 2.70. The number of carbonyl (C=O) groups excluding carboxylic acids is 1. The Kier molecular flexibility index (Phi) is 3.24. The molecule has 2 aliphatic rings. The molecule has 1 heterocycles. The first-order valence-corrected chi connectivity index (χ1v) is 6.50. The maximum absolute atomic E-state index is 12.2. The summed E-state index contributed by atoms with van der Waals surface area (Å²) >= 11 is 0. The highest BCUT2D eigenvalue weighted by atomic mass is 16.2. The topological polar surface area (TPSA) is 32.3 Å². The average Bonchev–Trinajstić information content (AvgIpc) is 2.94. The lowest BCUT2D eigenvalue weighted by Crippen LogP contribution is -2.39. The van der Waals surface area contributed by atoms with Crippen LogP contribution in [0.2, 0.25) is 0 Å². The third kappa shape index (κ3) is 2.40. The van der Waals surface area contributed by atoms with Crippen LogP contribution in [0.3, 0.4) is 0 Å². The van der Waals surface area contributed by atoms with Crippen LogP contribution in [0.5, 0.6) is 0 Å². The van der Waals surface area contributed by atoms with E-state index in [4.69, 9.17) is 0 Å². The Morgan fingerprint density at radius 1 is 1.31 bits per heavy atom. The molecule has 16 heavy (non-hydrogen) atoms. The number of hydrogen-bond acceptors (Lipinski definition) is 2. The van der Waals surface area contributed by atoms with Gasteiger partial charge in [-0.15, -0.1) is 0 Å². The largest absolute Gasteiger partial charge is 0.342 e. The van der Waals surface area contributed by atoms with Gasteiger partial charge in [0.2, 0.25) is 5.91 Å². The van der Waals surface area contributed by atoms with Crippen molar-refractivity contribution < 1.29 is 4.79 Å². The molecule has 1 saturated heterocycles. The minimum Gasteiger partial charge on any atom is -0.342 e. The summed E-state index contributed by atoms with van der Waals surface area (Å²) in [6.45, 7) is 6.54. The molecule has 0 aromatic rings. The number of carbonyl (C=O) groups is 1. The number of amides is 1. The smallest absolute Gasteiger partial charge is 0.226 e. The van der Waals surface area contributed by atoms with Gasteiger partial charge >= 0.3 is 0 Å². The van der Waals surface area contributed by atoms with Crippen LogP contribution in [0.25, 0.3) is 0 Å². The third-order valence-corrected chi connectivity index (χ3v) is 4.25. The molecule has 2 fully saturated rings. The van der Waals surface area contributed by atoms with Gasteiger partial charge in [-0.1, -0.05) is 13.8 Å². The molecule has 1 amide bonds. The standard InChI is InChI=1S/C13H24N2O/c1-13(2)9-11(13)12(16)15(3)10-5-4-7-14-8-6-10/h10-11,14H,4-9H2,1-3H3. The van der Waals surface area contributed by atoms with Gasteiger partial charge in [-0.25, -0.2) is 0 Å². The fourth-order valence-corrected chi connectivity index (χ4v) is 2.70. The molecule has 2 rings (SSSR count). The van der Waals surface area contributed by atoms with Crippen molar-refractivity contribution in [3.05, 3.63) is 0 Å². The molecule has 1 saturated carbocycles. The van der Waals surface area contributed by atoms with Gasteiger partial charge in [-0.05, 0) is 44.2 Å². The summed E-state index contributed by atoms with van der Waals surface area (Å²) in [6, 6.07) is 0.457. The predicted octanol–water partition coefficient (Wildman–Crippen LogP) is 1.63. The lowest BCUT2D eigenvalue weighted by molar-refractivity contribution is -0.134. The van der Waals surface area contributed by atoms with E-state index >= 15 is 0 Å². The molecule has 1 aliphatic heterocycles. The van der Waals surface area contributed by atoms with Crippen LogP contribution in [0, 0.1) is 11.3 Å². The summed E-state index contributed by atoms with van der Waals surface area (Å²) in [4.78, 5) is 14.3. The molecule has 0 aromatic carbocycles. The summed E-state index contributed by atoms with van der Waals surface area (Å²) in [7, 11) is 1.99. The summed E-state index contributed by atoms with van der Waals surface area (Å²) in [5.74, 6) is 0.658. The van der Waals surface area contributed by atoms with Crippen molar-refractivity contribution >= 4 is 5.91 Å². The third-order valence-electron chi connectivity index (χ3n) is 4.25. The Labute approximate surface area is 98.6 Å². The Hall–Kier alpha value is -0.570. The number of hydrogen-bond donors (Lipinski definition) is 1. The van der Waals surface area contributed by atoms with E-state index < -0.39 is 0 Å². The quantitative estimate of drug-likeness (QED) is 0.773. The van der Waals surface area contributed by atoms with Crippen LogP contribution in [0.4, 0.5) is 0 Å². The van der Waals surface area contributed by atoms with E-state index in [1.807, 2.05) is 11.9 Å². The molecule has 92 valence electrons. The van der Waals surface area contributed by atoms with Gasteiger partial charge in [0.05, 0.1) is 0 Å². The van der Waals surface area contributed by atoms with Crippen LogP contribution in [-0.2, 0) is 4.79 Å². The molecule has 0 radical (unpaired) electrons. The summed E-state index contributed by atoms with van der Waals surface area (Å²) in [5.41, 5.74) is 0.258. The zero-order chi connectivity index (χ0) is 11.8. The molecular weight excluding hydrogens is 200 g/mol. The predicted molar refractivity (Wildman–Crippen MR) is 65.2 cm³/mol. The zero-order valence-corrected chi connectivity index (χ0v) is 10.8. The minimum absolute atomic E-state index is 0.258. The van der Waals surface area contributed by atoms with Crippen molar-refractivity contribution in [3.8, 4) is 0 Å². The number of rotatable bonds is 2. The molecular formula is C13H24N2O. The van der Waals surface area contributed by atoms with E-state index in [1.165, 1.54) is 6.42 Å². The molecule has 0 aromatic heterocycles. The SMILES string of the molecule is CN(C(=O)C1CC1(C)C)C1CCCNCC1. The maximum atomic E-state index is 12.2. The van der Waals surface area contributed by atoms with E-state index in [-0.39, 0.29) is 11.3 Å². The van der Waals surface area contributed by atoms with Crippen LogP contribution < -0.4 is 5.32 Å². The molecule has 0 bridgehead atoms. The van der Waals surface area contributed by atoms with E-state index in [0.717, 1.165) is 32.4 Å². The second-order valence-electron chi connectivity index (χ2n) is 6.03. The van der Waals surface area contributed by atoms with Gasteiger partial charge in [0.25, 0.3) is 0 Å². The van der Waals surface area contributed by atoms with Gasteiger partial charge in [-0.3, -0.25) is 4.79 Å². The van der Waals surface area contributed by atoms with Crippen LogP contribution in [-0.4, -0.2) is 37.0 Å². The lowest BCUT2D eigenvalue weighted by Gasteiger charge is -2.27. The van der Waals surface area contributed by atoms with Crippen LogP contribution in [0.1, 0.15) is 39.5 Å². The zero-order valence-electron chi connectivity index (χ0n) is 10.8. The van der Waals surface area contributed by atoms with Gasteiger partial charge < -0.3 is 10.2 Å². The van der Waals surface area contributed by atoms with Crippen LogP contribution in [0.15, 0.2) is 0 Å². The number of nitrogens with one attached hydrogen (secondary N) is 1. The molecule has 0 spiro atoms. The van der Waals surface area contributed by atoms with E-state index in [1.54, 1.807) is 0 Å². The second-order valence-corrected chi connectivity index (χ2v) is 6.03. The first kappa shape index (κ1) is 11.9. The summed E-state index contributed by atoms with van der Waals surface area (Å²) in [6.07, 6.45) is 4.52. The Balaban J connectivity index is 1.90. The maximum Gasteiger partial charge on any atom is 0.226 e. The van der Waals surface area contributed by atoms with Crippen molar-refractivity contribution in [2.45, 2.75) is 45.6 Å². The highest BCUT2D eigenvalue weighted by Gasteiger charge is 2.52. The highest BCUT2D eigenvalue weighted by molar-refractivity contribution is 5.82. The van der Waals surface area contributed by atoms with E-state index in [9.17, 15) is 4.79 Å². The monoisotopic (exact) mass is 224 g/mol. The fraction of sp³-hybridized carbons (Fsp3) is 0.923. The summed E-state index contributed by atoms with van der Waals surface area (Å²) < 4.78 is 0. The molecule has 3 heteroatoms. The highest BCUT2D eigenvalue weighted by Crippen LogP contribution is 2.52. The second kappa shape index (κ2) is 4.36. The number of nitrogens with zero attached hydrogens (tertiary/aromatic N) is 1. The van der Waals surface area contributed by atoms with Gasteiger partial charge in [0, 0.05) is 19.0 Å². The van der Waals surface area contributed by atoms with Gasteiger partial charge in [0.1, 0.15) is 0 Å². The lowest BCUT2D eigenvalue weighted by atomic mass is 10.1. The van der Waals surface area contributed by atoms with E-state index in [0.29, 0.717) is 11.9 Å². The van der Waals surface area contributed by atoms with Crippen molar-refractivity contribution in [2.75, 3.05) is 20.1 Å². The molecule has 2 atom stereocenters. The van der Waals surface area contributed by atoms with Gasteiger partial charge in [0.15, 0.2) is 0 Å². The Bertz CT molecular complexity index is 267. The Morgan fingerprint density at radius 3 is 2.62 bits per heavy atom. The van der Waals surface area contributed by atoms with E-state index in [2.05, 4.69) is 19.2 Å². The minimum atomic E-state index is 0.258.